The Hall–Kier alpha value is -4.73. The monoisotopic (exact) mass is 610 g/mol. The molecule has 1 saturated carbocycles. The number of piperidine rings is 1. The quantitative estimate of drug-likeness (QED) is 0.264. The Balaban J connectivity index is 1.06. The fourth-order valence-electron chi connectivity index (χ4n) is 6.64. The summed E-state index contributed by atoms with van der Waals surface area (Å²) < 4.78 is 24.9. The van der Waals surface area contributed by atoms with Gasteiger partial charge in [-0.05, 0) is 56.0 Å². The molecule has 0 spiro atoms. The number of ether oxygens (including phenoxy) is 4. The summed E-state index contributed by atoms with van der Waals surface area (Å²) in [5.74, 6) is 2.67. The van der Waals surface area contributed by atoms with Gasteiger partial charge in [0.2, 0.25) is 5.88 Å². The number of benzene rings is 2. The van der Waals surface area contributed by atoms with E-state index in [9.17, 15) is 15.2 Å². The van der Waals surface area contributed by atoms with Crippen molar-refractivity contribution in [3.63, 3.8) is 0 Å². The van der Waals surface area contributed by atoms with Crippen LogP contribution in [0.3, 0.4) is 0 Å². The summed E-state index contributed by atoms with van der Waals surface area (Å²) in [4.78, 5) is 28.7. The Morgan fingerprint density at radius 2 is 2.02 bits per heavy atom. The van der Waals surface area contributed by atoms with E-state index in [0.29, 0.717) is 47.5 Å². The molecule has 3 fully saturated rings. The number of nitrogens with zero attached hydrogens (tertiary/aromatic N) is 6. The topological polar surface area (TPSA) is 145 Å². The Kier molecular flexibility index (Phi) is 7.51. The van der Waals surface area contributed by atoms with Crippen LogP contribution >= 0.6 is 0 Å². The second kappa shape index (κ2) is 11.6. The van der Waals surface area contributed by atoms with E-state index in [-0.39, 0.29) is 23.7 Å². The summed E-state index contributed by atoms with van der Waals surface area (Å²) in [6.45, 7) is 4.00. The predicted molar refractivity (Wildman–Crippen MR) is 161 cm³/mol. The number of likely N-dealkylation sites (tertiary alicyclic amines) is 1. The number of carboxylic acid groups (broad SMARTS) is 1. The molecule has 0 bridgehead atoms. The molecule has 2 unspecified atom stereocenters. The molecular formula is C33H34N6O6. The number of rotatable bonds is 11. The maximum atomic E-state index is 11.8. The van der Waals surface area contributed by atoms with Crippen molar-refractivity contribution < 1.29 is 28.8 Å². The molecule has 4 aromatic rings. The van der Waals surface area contributed by atoms with E-state index in [0.717, 1.165) is 61.7 Å². The maximum absolute atomic E-state index is 11.8. The third-order valence-electron chi connectivity index (χ3n) is 9.36. The second-order valence-corrected chi connectivity index (χ2v) is 12.0. The van der Waals surface area contributed by atoms with Crippen LogP contribution in [-0.4, -0.2) is 75.5 Å². The first-order valence-corrected chi connectivity index (χ1v) is 15.1. The highest BCUT2D eigenvalue weighted by atomic mass is 16.5. The van der Waals surface area contributed by atoms with Crippen LogP contribution in [0.25, 0.3) is 11.0 Å². The van der Waals surface area contributed by atoms with Crippen molar-refractivity contribution in [2.24, 2.45) is 5.92 Å². The molecule has 2 saturated heterocycles. The number of carbonyl (C=O) groups is 1. The van der Waals surface area contributed by atoms with Gasteiger partial charge < -0.3 is 28.6 Å². The molecule has 1 aliphatic carbocycles. The fourth-order valence-corrected chi connectivity index (χ4v) is 6.64. The first-order valence-electron chi connectivity index (χ1n) is 15.1. The zero-order valence-corrected chi connectivity index (χ0v) is 25.2. The maximum Gasteiger partial charge on any atom is 0.335 e. The SMILES string of the molecule is COc1cc(C#N)ccc1COc1ccnc(C23CCN(Cc4nc5c(OC)cc(C(=O)O)cc5n4C[C@@H]4CCO4)CC2C3)n1. The van der Waals surface area contributed by atoms with Gasteiger partial charge in [0, 0.05) is 36.4 Å². The Bertz CT molecular complexity index is 1810. The van der Waals surface area contributed by atoms with Crippen LogP contribution in [0.5, 0.6) is 17.4 Å². The summed E-state index contributed by atoms with van der Waals surface area (Å²) in [6, 6.07) is 12.4. The lowest BCUT2D eigenvalue weighted by Gasteiger charge is -2.31. The number of aromatic carboxylic acids is 1. The van der Waals surface area contributed by atoms with Gasteiger partial charge in [-0.15, -0.1) is 0 Å². The van der Waals surface area contributed by atoms with Crippen molar-refractivity contribution in [3.8, 4) is 23.4 Å². The van der Waals surface area contributed by atoms with Gasteiger partial charge in [0.05, 0.1) is 56.1 Å². The Morgan fingerprint density at radius 1 is 1.18 bits per heavy atom. The van der Waals surface area contributed by atoms with E-state index < -0.39 is 5.97 Å². The van der Waals surface area contributed by atoms with Crippen LogP contribution in [0.2, 0.25) is 0 Å². The average Bonchev–Trinajstić information content (AvgIpc) is 3.68. The van der Waals surface area contributed by atoms with Crippen molar-refractivity contribution >= 4 is 17.0 Å². The highest BCUT2D eigenvalue weighted by Gasteiger charge is 2.59. The van der Waals surface area contributed by atoms with Crippen molar-refractivity contribution in [2.75, 3.05) is 33.9 Å². The molecule has 2 aliphatic heterocycles. The van der Waals surface area contributed by atoms with Crippen LogP contribution in [0.15, 0.2) is 42.6 Å². The van der Waals surface area contributed by atoms with E-state index in [1.165, 1.54) is 13.2 Å². The van der Waals surface area contributed by atoms with E-state index in [4.69, 9.17) is 28.9 Å². The number of nitriles is 1. The molecular weight excluding hydrogens is 576 g/mol. The van der Waals surface area contributed by atoms with Crippen LogP contribution in [0.4, 0.5) is 0 Å². The molecule has 1 N–H and O–H groups in total. The number of fused-ring (bicyclic) bond motifs is 2. The average molecular weight is 611 g/mol. The second-order valence-electron chi connectivity index (χ2n) is 12.0. The first kappa shape index (κ1) is 29.0. The van der Waals surface area contributed by atoms with Gasteiger partial charge in [0.1, 0.15) is 35.3 Å². The number of methoxy groups -OCH3 is 2. The van der Waals surface area contributed by atoms with E-state index in [1.54, 1.807) is 37.6 Å². The van der Waals surface area contributed by atoms with Crippen LogP contribution in [0, 0.1) is 17.2 Å². The molecule has 4 heterocycles. The third kappa shape index (κ3) is 5.43. The minimum absolute atomic E-state index is 0.0679. The van der Waals surface area contributed by atoms with Gasteiger partial charge in [-0.2, -0.15) is 10.2 Å². The van der Waals surface area contributed by atoms with Gasteiger partial charge in [-0.1, -0.05) is 6.07 Å². The summed E-state index contributed by atoms with van der Waals surface area (Å²) >= 11 is 0. The van der Waals surface area contributed by atoms with Gasteiger partial charge in [0.15, 0.2) is 0 Å². The standard InChI is InChI=1S/C33H34N6O6/c1-42-26-11-20(15-34)3-4-21(26)19-45-29-5-8-35-32(37-29)33-7-9-38(16-23(33)14-33)18-28-36-30-25(39(28)17-24-6-10-44-24)12-22(31(40)41)13-27(30)43-2/h3-5,8,11-13,23-24H,6-7,9-10,14,16-19H2,1-2H3,(H,40,41)/t23?,24-,33?/m0/s1. The van der Waals surface area contributed by atoms with Crippen LogP contribution in [0.1, 0.15) is 52.4 Å². The van der Waals surface area contributed by atoms with Crippen molar-refractivity contribution in [1.29, 1.82) is 5.26 Å². The van der Waals surface area contributed by atoms with Crippen molar-refractivity contribution in [2.45, 2.75) is 50.5 Å². The highest BCUT2D eigenvalue weighted by molar-refractivity contribution is 5.95. The number of aromatic nitrogens is 4. The Labute approximate surface area is 260 Å². The molecule has 2 aromatic heterocycles. The van der Waals surface area contributed by atoms with E-state index >= 15 is 0 Å². The summed E-state index contributed by atoms with van der Waals surface area (Å²) in [5.41, 5.74) is 2.88. The predicted octanol–water partition coefficient (Wildman–Crippen LogP) is 3.94. The molecule has 3 aliphatic rings. The van der Waals surface area contributed by atoms with Crippen molar-refractivity contribution in [1.82, 2.24) is 24.4 Å². The Morgan fingerprint density at radius 3 is 2.73 bits per heavy atom. The number of hydrogen-bond acceptors (Lipinski definition) is 10. The lowest BCUT2D eigenvalue weighted by molar-refractivity contribution is -0.0592. The number of imidazole rings is 1. The molecule has 232 valence electrons. The minimum Gasteiger partial charge on any atom is -0.496 e. The molecule has 0 radical (unpaired) electrons. The fraction of sp³-hybridized carbons (Fsp3) is 0.424. The highest BCUT2D eigenvalue weighted by Crippen LogP contribution is 2.58. The molecule has 12 nitrogen and oxygen atoms in total. The molecule has 12 heteroatoms. The molecule has 7 rings (SSSR count). The van der Waals surface area contributed by atoms with Gasteiger partial charge in [-0.3, -0.25) is 4.90 Å². The lowest BCUT2D eigenvalue weighted by Crippen LogP contribution is -2.38. The van der Waals surface area contributed by atoms with E-state index in [1.807, 2.05) is 6.07 Å². The van der Waals surface area contributed by atoms with E-state index in [2.05, 4.69) is 20.5 Å². The lowest BCUT2D eigenvalue weighted by atomic mass is 9.94. The number of carboxylic acids is 1. The smallest absolute Gasteiger partial charge is 0.335 e. The van der Waals surface area contributed by atoms with Gasteiger partial charge >= 0.3 is 5.97 Å². The molecule has 2 aromatic carbocycles. The normalized spacial score (nSPS) is 22.2. The van der Waals surface area contributed by atoms with Gasteiger partial charge in [0.25, 0.3) is 0 Å². The largest absolute Gasteiger partial charge is 0.496 e. The molecule has 3 atom stereocenters. The summed E-state index contributed by atoms with van der Waals surface area (Å²) in [7, 11) is 3.11. The third-order valence-corrected chi connectivity index (χ3v) is 9.36. The molecule has 0 amide bonds. The zero-order valence-electron chi connectivity index (χ0n) is 25.2. The summed E-state index contributed by atoms with van der Waals surface area (Å²) in [5, 5.41) is 18.9. The first-order chi connectivity index (χ1) is 21.9. The van der Waals surface area contributed by atoms with Gasteiger partial charge in [-0.25, -0.2) is 14.8 Å². The number of hydrogen-bond donors (Lipinski definition) is 1. The zero-order chi connectivity index (χ0) is 31.1. The molecule has 45 heavy (non-hydrogen) atoms. The minimum atomic E-state index is -1.00. The van der Waals surface area contributed by atoms with Crippen LogP contribution < -0.4 is 14.2 Å². The summed E-state index contributed by atoms with van der Waals surface area (Å²) in [6.07, 6.45) is 4.74. The van der Waals surface area contributed by atoms with Crippen molar-refractivity contribution in [3.05, 3.63) is 70.9 Å². The van der Waals surface area contributed by atoms with Crippen LogP contribution in [-0.2, 0) is 29.8 Å².